The van der Waals surface area contributed by atoms with Crippen LogP contribution in [0.15, 0.2) is 77.7 Å². The Labute approximate surface area is 288 Å². The molecule has 0 aliphatic heterocycles. The van der Waals surface area contributed by atoms with Gasteiger partial charge in [0.05, 0.1) is 59.2 Å². The van der Waals surface area contributed by atoms with E-state index >= 15 is 0 Å². The van der Waals surface area contributed by atoms with Gasteiger partial charge >= 0.3 is 0 Å². The number of nitrogens with one attached hydrogen (secondary N) is 2. The highest BCUT2D eigenvalue weighted by Gasteiger charge is 2.30. The molecule has 0 atom stereocenters. The lowest BCUT2D eigenvalue weighted by Gasteiger charge is -2.25. The van der Waals surface area contributed by atoms with Crippen molar-refractivity contribution in [2.24, 2.45) is 0 Å². The molecule has 0 aromatic heterocycles. The number of ether oxygens (including phenoxy) is 2. The molecule has 236 valence electrons. The SMILES string of the molecule is COc1ccccc1N(CC(=O)Nc1cc(Cl)c(Cl)cc1Cl)S(=O)(=O)c1ccc(OCC(=O)Nc2cc(Cl)c(Cl)cc2Cl)cc1. The molecule has 0 heterocycles. The summed E-state index contributed by atoms with van der Waals surface area (Å²) in [4.78, 5) is 25.4. The maximum absolute atomic E-state index is 13.9. The van der Waals surface area contributed by atoms with Crippen LogP contribution >= 0.6 is 69.6 Å². The van der Waals surface area contributed by atoms with Gasteiger partial charge in [-0.2, -0.15) is 0 Å². The number of rotatable bonds is 11. The zero-order chi connectivity index (χ0) is 32.9. The normalized spacial score (nSPS) is 11.1. The molecule has 0 saturated carbocycles. The lowest BCUT2D eigenvalue weighted by atomic mass is 10.3. The Bertz CT molecular complexity index is 1860. The lowest BCUT2D eigenvalue weighted by Crippen LogP contribution is -2.38. The number of anilines is 3. The van der Waals surface area contributed by atoms with Crippen molar-refractivity contribution in [2.45, 2.75) is 4.90 Å². The molecular weight excluding hydrogens is 731 g/mol. The molecule has 0 spiro atoms. The second-order valence-corrected chi connectivity index (χ2v) is 13.3. The number of sulfonamides is 1. The highest BCUT2D eigenvalue weighted by molar-refractivity contribution is 7.92. The van der Waals surface area contributed by atoms with Crippen molar-refractivity contribution in [2.75, 3.05) is 35.2 Å². The van der Waals surface area contributed by atoms with Crippen LogP contribution in [0.4, 0.5) is 17.1 Å². The molecule has 0 aliphatic carbocycles. The van der Waals surface area contributed by atoms with Crippen LogP contribution in [0.25, 0.3) is 0 Å². The van der Waals surface area contributed by atoms with Gasteiger partial charge in [-0.3, -0.25) is 13.9 Å². The van der Waals surface area contributed by atoms with E-state index in [0.29, 0.717) is 0 Å². The number of methoxy groups -OCH3 is 1. The number of hydrogen-bond donors (Lipinski definition) is 2. The van der Waals surface area contributed by atoms with Gasteiger partial charge < -0.3 is 20.1 Å². The Balaban J connectivity index is 1.53. The number of hydrogen-bond acceptors (Lipinski definition) is 6. The van der Waals surface area contributed by atoms with E-state index in [9.17, 15) is 18.0 Å². The quantitative estimate of drug-likeness (QED) is 0.149. The standard InChI is InChI=1S/C29H21Cl6N3O6S/c1-43-27-5-3-2-4-26(27)38(14-28(39)36-24-12-20(32)18(30)10-22(24)34)45(41,42)17-8-6-16(7-9-17)44-15-29(40)37-25-13-21(33)19(31)11-23(25)35/h2-13H,14-15H2,1H3,(H,36,39)(H,37,40). The van der Waals surface area contributed by atoms with Crippen LogP contribution in [-0.4, -0.2) is 40.5 Å². The molecule has 2 N–H and O–H groups in total. The third-order valence-corrected chi connectivity index (χ3v) is 9.83. The fourth-order valence-corrected chi connectivity index (χ4v) is 6.48. The number of carbonyl (C=O) groups excluding carboxylic acids is 2. The van der Waals surface area contributed by atoms with E-state index in [0.717, 1.165) is 4.31 Å². The summed E-state index contributed by atoms with van der Waals surface area (Å²) < 4.78 is 39.6. The number of benzene rings is 4. The molecule has 0 aliphatic rings. The average molecular weight is 752 g/mol. The third kappa shape index (κ3) is 8.59. The monoisotopic (exact) mass is 749 g/mol. The highest BCUT2D eigenvalue weighted by Crippen LogP contribution is 2.35. The number of halogens is 6. The molecule has 0 radical (unpaired) electrons. The third-order valence-electron chi connectivity index (χ3n) is 5.99. The van der Waals surface area contributed by atoms with Gasteiger partial charge in [0.2, 0.25) is 5.91 Å². The maximum Gasteiger partial charge on any atom is 0.264 e. The molecule has 2 amide bonds. The first kappa shape index (κ1) is 34.8. The van der Waals surface area contributed by atoms with Gasteiger partial charge in [0.15, 0.2) is 6.61 Å². The minimum absolute atomic E-state index is 0.105. The minimum atomic E-state index is -4.36. The summed E-state index contributed by atoms with van der Waals surface area (Å²) in [7, 11) is -2.99. The Morgan fingerprint density at radius 1 is 0.711 bits per heavy atom. The molecule has 9 nitrogen and oxygen atoms in total. The number of nitrogens with zero attached hydrogens (tertiary/aromatic N) is 1. The number of carbonyl (C=O) groups is 2. The average Bonchev–Trinajstić information content (AvgIpc) is 3.00. The molecule has 45 heavy (non-hydrogen) atoms. The van der Waals surface area contributed by atoms with Crippen molar-refractivity contribution in [1.82, 2.24) is 0 Å². The summed E-state index contributed by atoms with van der Waals surface area (Å²) in [6.45, 7) is -1.08. The fraction of sp³-hybridized carbons (Fsp3) is 0.103. The van der Waals surface area contributed by atoms with Gasteiger partial charge in [-0.1, -0.05) is 81.7 Å². The topological polar surface area (TPSA) is 114 Å². The van der Waals surface area contributed by atoms with Crippen molar-refractivity contribution >= 4 is 109 Å². The summed E-state index contributed by atoms with van der Waals surface area (Å²) in [5.41, 5.74) is 0.483. The smallest absolute Gasteiger partial charge is 0.264 e. The second kappa shape index (κ2) is 15.0. The number of amides is 2. The van der Waals surface area contributed by atoms with E-state index in [1.165, 1.54) is 61.7 Å². The summed E-state index contributed by atoms with van der Waals surface area (Å²) in [6.07, 6.45) is 0. The van der Waals surface area contributed by atoms with E-state index in [2.05, 4.69) is 10.6 Å². The molecular formula is C29H21Cl6N3O6S. The van der Waals surface area contributed by atoms with Crippen LogP contribution in [0.2, 0.25) is 30.1 Å². The number of para-hydroxylation sites is 2. The molecule has 0 unspecified atom stereocenters. The van der Waals surface area contributed by atoms with Crippen molar-refractivity contribution in [3.05, 3.63) is 103 Å². The molecule has 0 saturated heterocycles. The van der Waals surface area contributed by atoms with Crippen molar-refractivity contribution in [3.63, 3.8) is 0 Å². The Hall–Kier alpha value is -3.09. The van der Waals surface area contributed by atoms with Crippen LogP contribution < -0.4 is 24.4 Å². The van der Waals surface area contributed by atoms with Crippen LogP contribution in [-0.2, 0) is 19.6 Å². The molecule has 0 fully saturated rings. The Morgan fingerprint density at radius 2 is 1.22 bits per heavy atom. The first-order valence-electron chi connectivity index (χ1n) is 12.6. The Kier molecular flexibility index (Phi) is 11.6. The van der Waals surface area contributed by atoms with Gasteiger partial charge in [0.25, 0.3) is 15.9 Å². The summed E-state index contributed by atoms with van der Waals surface area (Å²) >= 11 is 36.2. The first-order valence-corrected chi connectivity index (χ1v) is 16.3. The first-order chi connectivity index (χ1) is 21.3. The zero-order valence-corrected chi connectivity index (χ0v) is 28.3. The van der Waals surface area contributed by atoms with Crippen molar-refractivity contribution < 1.29 is 27.5 Å². The van der Waals surface area contributed by atoms with Gasteiger partial charge in [0.1, 0.15) is 18.0 Å². The maximum atomic E-state index is 13.9. The molecule has 4 aromatic carbocycles. The summed E-state index contributed by atoms with van der Waals surface area (Å²) in [5.74, 6) is -0.880. The van der Waals surface area contributed by atoms with E-state index in [4.69, 9.17) is 79.1 Å². The van der Waals surface area contributed by atoms with E-state index in [-0.39, 0.29) is 63.6 Å². The van der Waals surface area contributed by atoms with Gasteiger partial charge in [-0.15, -0.1) is 0 Å². The lowest BCUT2D eigenvalue weighted by molar-refractivity contribution is -0.118. The van der Waals surface area contributed by atoms with Crippen LogP contribution in [0.1, 0.15) is 0 Å². The van der Waals surface area contributed by atoms with Crippen molar-refractivity contribution in [3.8, 4) is 11.5 Å². The van der Waals surface area contributed by atoms with Crippen LogP contribution in [0.5, 0.6) is 11.5 Å². The van der Waals surface area contributed by atoms with Gasteiger partial charge in [-0.25, -0.2) is 8.42 Å². The largest absolute Gasteiger partial charge is 0.495 e. The van der Waals surface area contributed by atoms with E-state index in [1.54, 1.807) is 18.2 Å². The molecule has 16 heteroatoms. The molecule has 4 aromatic rings. The van der Waals surface area contributed by atoms with Gasteiger partial charge in [0, 0.05) is 0 Å². The molecule has 4 rings (SSSR count). The predicted molar refractivity (Wildman–Crippen MR) is 180 cm³/mol. The van der Waals surface area contributed by atoms with Crippen LogP contribution in [0.3, 0.4) is 0 Å². The van der Waals surface area contributed by atoms with Crippen molar-refractivity contribution in [1.29, 1.82) is 0 Å². The van der Waals surface area contributed by atoms with Crippen LogP contribution in [0, 0.1) is 0 Å². The zero-order valence-electron chi connectivity index (χ0n) is 22.9. The second-order valence-electron chi connectivity index (χ2n) is 9.03. The fourth-order valence-electron chi connectivity index (χ4n) is 3.86. The highest BCUT2D eigenvalue weighted by atomic mass is 35.5. The predicted octanol–water partition coefficient (Wildman–Crippen LogP) is 8.47. The van der Waals surface area contributed by atoms with E-state index in [1.807, 2.05) is 0 Å². The van der Waals surface area contributed by atoms with Gasteiger partial charge in [-0.05, 0) is 60.7 Å². The Morgan fingerprint density at radius 3 is 1.78 bits per heavy atom. The minimum Gasteiger partial charge on any atom is -0.495 e. The van der Waals surface area contributed by atoms with E-state index < -0.39 is 35.0 Å². The summed E-state index contributed by atoms with van der Waals surface area (Å²) in [5, 5.41) is 6.16. The summed E-state index contributed by atoms with van der Waals surface area (Å²) in [6, 6.07) is 17.1. The molecule has 0 bridgehead atoms.